The lowest BCUT2D eigenvalue weighted by molar-refractivity contribution is 0.133. The molecule has 1 atom stereocenters. The van der Waals surface area contributed by atoms with Crippen molar-refractivity contribution in [1.82, 2.24) is 29.9 Å². The molecule has 1 N–H and O–H groups in total. The molecule has 2 aromatic rings. The first kappa shape index (κ1) is 18.5. The standard InChI is InChI=1S/C19H26N6O3/c1-3-25-18(20-12-21-25)14(2)22-19(26)24-8-6-23(7-9-24)11-15-4-5-16-17(10-15)28-13-27-16/h4-5,10,12,14H,3,6-9,11,13H2,1-2H3,(H,22,26)/t14-/m0/s1. The van der Waals surface area contributed by atoms with Crippen LogP contribution in [0.25, 0.3) is 0 Å². The molecule has 150 valence electrons. The van der Waals surface area contributed by atoms with E-state index in [2.05, 4.69) is 26.4 Å². The van der Waals surface area contributed by atoms with Gasteiger partial charge in [-0.1, -0.05) is 6.07 Å². The summed E-state index contributed by atoms with van der Waals surface area (Å²) in [6, 6.07) is 5.82. The predicted octanol–water partition coefficient (Wildman–Crippen LogP) is 1.62. The number of rotatable bonds is 5. The van der Waals surface area contributed by atoms with Crippen molar-refractivity contribution in [3.63, 3.8) is 0 Å². The minimum Gasteiger partial charge on any atom is -0.454 e. The summed E-state index contributed by atoms with van der Waals surface area (Å²) in [6.45, 7) is 8.86. The van der Waals surface area contributed by atoms with Gasteiger partial charge in [-0.2, -0.15) is 5.10 Å². The molecule has 0 bridgehead atoms. The molecule has 1 fully saturated rings. The van der Waals surface area contributed by atoms with Gasteiger partial charge in [0.1, 0.15) is 12.2 Å². The van der Waals surface area contributed by atoms with Crippen LogP contribution in [0, 0.1) is 0 Å². The minimum atomic E-state index is -0.179. The Morgan fingerprint density at radius 3 is 2.79 bits per heavy atom. The Hall–Kier alpha value is -2.81. The van der Waals surface area contributed by atoms with E-state index in [1.54, 1.807) is 4.68 Å². The molecule has 2 amide bonds. The fourth-order valence-electron chi connectivity index (χ4n) is 3.60. The van der Waals surface area contributed by atoms with E-state index in [1.165, 1.54) is 11.9 Å². The van der Waals surface area contributed by atoms with Crippen molar-refractivity contribution >= 4 is 6.03 Å². The summed E-state index contributed by atoms with van der Waals surface area (Å²) in [4.78, 5) is 21.1. The fraction of sp³-hybridized carbons (Fsp3) is 0.526. The third-order valence-corrected chi connectivity index (χ3v) is 5.17. The van der Waals surface area contributed by atoms with Crippen LogP contribution >= 0.6 is 0 Å². The first-order valence-corrected chi connectivity index (χ1v) is 9.68. The first-order chi connectivity index (χ1) is 13.6. The number of ether oxygens (including phenoxy) is 2. The van der Waals surface area contributed by atoms with Crippen molar-refractivity contribution in [3.8, 4) is 11.5 Å². The Kier molecular flexibility index (Phi) is 5.34. The number of carbonyl (C=O) groups is 1. The van der Waals surface area contributed by atoms with Crippen LogP contribution in [0.2, 0.25) is 0 Å². The Balaban J connectivity index is 1.27. The maximum absolute atomic E-state index is 12.6. The van der Waals surface area contributed by atoms with Gasteiger partial charge in [0, 0.05) is 39.3 Å². The Morgan fingerprint density at radius 2 is 2.00 bits per heavy atom. The molecular formula is C19H26N6O3. The average molecular weight is 386 g/mol. The van der Waals surface area contributed by atoms with Gasteiger partial charge in [0.15, 0.2) is 11.5 Å². The van der Waals surface area contributed by atoms with Crippen LogP contribution in [0.5, 0.6) is 11.5 Å². The Labute approximate surface area is 164 Å². The number of carbonyl (C=O) groups excluding carboxylic acids is 1. The number of aromatic nitrogens is 3. The summed E-state index contributed by atoms with van der Waals surface area (Å²) in [5.74, 6) is 2.39. The van der Waals surface area contributed by atoms with Crippen molar-refractivity contribution in [2.75, 3.05) is 33.0 Å². The normalized spacial score (nSPS) is 17.6. The van der Waals surface area contributed by atoms with Crippen LogP contribution in [0.4, 0.5) is 4.79 Å². The number of amides is 2. The zero-order chi connectivity index (χ0) is 19.5. The number of piperazine rings is 1. The van der Waals surface area contributed by atoms with E-state index in [9.17, 15) is 4.79 Å². The van der Waals surface area contributed by atoms with Gasteiger partial charge in [0.2, 0.25) is 6.79 Å². The number of nitrogens with zero attached hydrogens (tertiary/aromatic N) is 5. The second-order valence-electron chi connectivity index (χ2n) is 7.06. The summed E-state index contributed by atoms with van der Waals surface area (Å²) in [6.07, 6.45) is 1.52. The quantitative estimate of drug-likeness (QED) is 0.841. The molecule has 0 saturated carbocycles. The van der Waals surface area contributed by atoms with E-state index < -0.39 is 0 Å². The summed E-state index contributed by atoms with van der Waals surface area (Å²) in [5, 5.41) is 7.20. The van der Waals surface area contributed by atoms with Crippen molar-refractivity contribution < 1.29 is 14.3 Å². The largest absolute Gasteiger partial charge is 0.454 e. The lowest BCUT2D eigenvalue weighted by Gasteiger charge is -2.35. The second-order valence-corrected chi connectivity index (χ2v) is 7.06. The SMILES string of the molecule is CCn1ncnc1[C@H](C)NC(=O)N1CCN(Cc2ccc3c(c2)OCO3)CC1. The van der Waals surface area contributed by atoms with Crippen LogP contribution < -0.4 is 14.8 Å². The molecule has 1 saturated heterocycles. The van der Waals surface area contributed by atoms with Gasteiger partial charge in [-0.15, -0.1) is 0 Å². The third-order valence-electron chi connectivity index (χ3n) is 5.17. The molecule has 0 radical (unpaired) electrons. The summed E-state index contributed by atoms with van der Waals surface area (Å²) < 4.78 is 12.6. The smallest absolute Gasteiger partial charge is 0.318 e. The topological polar surface area (TPSA) is 84.8 Å². The zero-order valence-corrected chi connectivity index (χ0v) is 16.3. The number of hydrogen-bond acceptors (Lipinski definition) is 6. The minimum absolute atomic E-state index is 0.0547. The van der Waals surface area contributed by atoms with Gasteiger partial charge in [-0.05, 0) is 31.5 Å². The second kappa shape index (κ2) is 8.05. The average Bonchev–Trinajstić information content (AvgIpc) is 3.37. The number of hydrogen-bond donors (Lipinski definition) is 1. The van der Waals surface area contributed by atoms with Gasteiger partial charge in [-0.25, -0.2) is 14.5 Å². The summed E-state index contributed by atoms with van der Waals surface area (Å²) >= 11 is 0. The highest BCUT2D eigenvalue weighted by Crippen LogP contribution is 2.32. The van der Waals surface area contributed by atoms with E-state index in [0.29, 0.717) is 19.9 Å². The zero-order valence-electron chi connectivity index (χ0n) is 16.3. The van der Waals surface area contributed by atoms with Gasteiger partial charge in [0.05, 0.1) is 6.04 Å². The number of fused-ring (bicyclic) bond motifs is 1. The van der Waals surface area contributed by atoms with E-state index in [4.69, 9.17) is 9.47 Å². The number of benzene rings is 1. The molecular weight excluding hydrogens is 360 g/mol. The molecule has 0 unspecified atom stereocenters. The highest BCUT2D eigenvalue weighted by molar-refractivity contribution is 5.74. The van der Waals surface area contributed by atoms with Gasteiger partial charge >= 0.3 is 6.03 Å². The molecule has 9 heteroatoms. The van der Waals surface area contributed by atoms with Gasteiger partial charge in [0.25, 0.3) is 0 Å². The molecule has 1 aromatic carbocycles. The molecule has 2 aliphatic heterocycles. The molecule has 0 spiro atoms. The van der Waals surface area contributed by atoms with Crippen molar-refractivity contribution in [2.24, 2.45) is 0 Å². The van der Waals surface area contributed by atoms with E-state index >= 15 is 0 Å². The summed E-state index contributed by atoms with van der Waals surface area (Å²) in [5.41, 5.74) is 1.19. The molecule has 28 heavy (non-hydrogen) atoms. The molecule has 0 aliphatic carbocycles. The van der Waals surface area contributed by atoms with E-state index in [0.717, 1.165) is 43.5 Å². The highest BCUT2D eigenvalue weighted by Gasteiger charge is 2.24. The summed E-state index contributed by atoms with van der Waals surface area (Å²) in [7, 11) is 0. The van der Waals surface area contributed by atoms with Crippen LogP contribution in [0.3, 0.4) is 0 Å². The molecule has 2 aliphatic rings. The fourth-order valence-corrected chi connectivity index (χ4v) is 3.60. The third kappa shape index (κ3) is 3.89. The number of aryl methyl sites for hydroxylation is 1. The van der Waals surface area contributed by atoms with Crippen molar-refractivity contribution in [3.05, 3.63) is 35.9 Å². The lowest BCUT2D eigenvalue weighted by atomic mass is 10.1. The van der Waals surface area contributed by atoms with Crippen molar-refractivity contribution in [2.45, 2.75) is 33.0 Å². The highest BCUT2D eigenvalue weighted by atomic mass is 16.7. The first-order valence-electron chi connectivity index (χ1n) is 9.68. The van der Waals surface area contributed by atoms with Crippen LogP contribution in [0.1, 0.15) is 31.3 Å². The van der Waals surface area contributed by atoms with Crippen molar-refractivity contribution in [1.29, 1.82) is 0 Å². The maximum atomic E-state index is 12.6. The predicted molar refractivity (Wildman–Crippen MR) is 102 cm³/mol. The van der Waals surface area contributed by atoms with Crippen LogP contribution in [-0.4, -0.2) is 63.6 Å². The lowest BCUT2D eigenvalue weighted by Crippen LogP contribution is -2.51. The van der Waals surface area contributed by atoms with Crippen LogP contribution in [-0.2, 0) is 13.1 Å². The molecule has 9 nitrogen and oxygen atoms in total. The maximum Gasteiger partial charge on any atom is 0.318 e. The molecule has 3 heterocycles. The van der Waals surface area contributed by atoms with Crippen LogP contribution in [0.15, 0.2) is 24.5 Å². The van der Waals surface area contributed by atoms with Gasteiger partial charge in [-0.3, -0.25) is 4.90 Å². The Bertz CT molecular complexity index is 831. The van der Waals surface area contributed by atoms with E-state index in [1.807, 2.05) is 30.9 Å². The monoisotopic (exact) mass is 386 g/mol. The van der Waals surface area contributed by atoms with E-state index in [-0.39, 0.29) is 12.1 Å². The molecule has 1 aromatic heterocycles. The molecule has 4 rings (SSSR count). The number of urea groups is 1. The van der Waals surface area contributed by atoms with Gasteiger partial charge < -0.3 is 19.7 Å². The number of nitrogens with one attached hydrogen (secondary N) is 1. The Morgan fingerprint density at radius 1 is 1.21 bits per heavy atom.